The summed E-state index contributed by atoms with van der Waals surface area (Å²) in [7, 11) is 0. The SMILES string of the molecule is CC(C)=CCC/C(C)=C/CC/C(C)=C/CC12C(=O)C=C(C)C(=O)C1(O)Oc1c3c(c(O)c(C)c12)O[C@](C)(CC/C=C(\C)CCC=C(C)C)C=C3. The molecule has 3 atom stereocenters. The Morgan fingerprint density at radius 3 is 1.88 bits per heavy atom. The van der Waals surface area contributed by atoms with Crippen LogP contribution in [-0.2, 0) is 15.0 Å². The molecule has 4 rings (SSSR count). The lowest BCUT2D eigenvalue weighted by atomic mass is 9.62. The first-order valence-electron chi connectivity index (χ1n) is 18.2. The van der Waals surface area contributed by atoms with Crippen molar-refractivity contribution in [3.05, 3.63) is 92.7 Å². The van der Waals surface area contributed by atoms with Crippen molar-refractivity contribution in [2.24, 2.45) is 0 Å². The van der Waals surface area contributed by atoms with Crippen molar-refractivity contribution in [2.75, 3.05) is 0 Å². The van der Waals surface area contributed by atoms with Crippen LogP contribution in [0.15, 0.2) is 76.0 Å². The molecule has 0 amide bonds. The van der Waals surface area contributed by atoms with Gasteiger partial charge in [0.2, 0.25) is 5.78 Å². The molecule has 0 fully saturated rings. The second kappa shape index (κ2) is 15.6. The van der Waals surface area contributed by atoms with Crippen LogP contribution in [0.1, 0.15) is 137 Å². The van der Waals surface area contributed by atoms with E-state index in [0.717, 1.165) is 50.5 Å². The number of hydrogen-bond donors (Lipinski definition) is 2. The van der Waals surface area contributed by atoms with Gasteiger partial charge in [-0.2, -0.15) is 0 Å². The summed E-state index contributed by atoms with van der Waals surface area (Å²) in [5.74, 6) is -3.21. The molecule has 2 aliphatic heterocycles. The van der Waals surface area contributed by atoms with E-state index in [1.807, 2.05) is 32.1 Å². The zero-order chi connectivity index (χ0) is 37.0. The lowest BCUT2D eigenvalue weighted by Crippen LogP contribution is -2.63. The van der Waals surface area contributed by atoms with Gasteiger partial charge in [-0.15, -0.1) is 0 Å². The molecular weight excluding hydrogens is 624 g/mol. The molecule has 0 saturated carbocycles. The Labute approximate surface area is 300 Å². The van der Waals surface area contributed by atoms with Gasteiger partial charge in [0.05, 0.1) is 5.56 Å². The van der Waals surface area contributed by atoms with Crippen LogP contribution in [-0.4, -0.2) is 33.2 Å². The van der Waals surface area contributed by atoms with E-state index in [-0.39, 0.29) is 29.2 Å². The number of aliphatic hydroxyl groups is 1. The second-order valence-electron chi connectivity index (χ2n) is 15.4. The molecule has 0 bridgehead atoms. The highest BCUT2D eigenvalue weighted by Gasteiger charge is 2.70. The van der Waals surface area contributed by atoms with Crippen molar-refractivity contribution < 1.29 is 29.3 Å². The standard InChI is InChI=1S/C44H58O6/c1-28(2)15-11-17-30(5)19-13-20-32(7)22-26-43-36(45)27-33(8)41(47)44(43,48)50-39-35-23-25-42(10,49-40(35)38(46)34(9)37(39)43)24-14-21-31(6)18-12-16-29(3)4/h15-16,19,21-23,25,27,46,48H,11-14,17-18,20,24,26H2,1-10H3/b30-19+,31-21+,32-22+/t42-,43?,44?/m1/s1. The summed E-state index contributed by atoms with van der Waals surface area (Å²) in [6.07, 6.45) is 23.2. The normalized spacial score (nSPS) is 24.5. The summed E-state index contributed by atoms with van der Waals surface area (Å²) < 4.78 is 12.8. The van der Waals surface area contributed by atoms with E-state index in [1.165, 1.54) is 35.3 Å². The monoisotopic (exact) mass is 682 g/mol. The number of allylic oxidation sites excluding steroid dienone is 11. The summed E-state index contributed by atoms with van der Waals surface area (Å²) in [4.78, 5) is 27.9. The van der Waals surface area contributed by atoms with Crippen molar-refractivity contribution in [2.45, 2.75) is 144 Å². The number of aromatic hydroxyl groups is 1. The Balaban J connectivity index is 1.65. The molecule has 1 aromatic carbocycles. The number of phenols is 1. The van der Waals surface area contributed by atoms with E-state index in [2.05, 4.69) is 65.8 Å². The average molecular weight is 683 g/mol. The van der Waals surface area contributed by atoms with Crippen LogP contribution in [0.2, 0.25) is 0 Å². The van der Waals surface area contributed by atoms with E-state index >= 15 is 0 Å². The molecule has 2 N–H and O–H groups in total. The first kappa shape index (κ1) is 38.9. The molecule has 2 unspecified atom stereocenters. The Kier molecular flexibility index (Phi) is 12.1. The Hall–Kier alpha value is -3.90. The van der Waals surface area contributed by atoms with E-state index in [9.17, 15) is 19.8 Å². The summed E-state index contributed by atoms with van der Waals surface area (Å²) >= 11 is 0. The third-order valence-electron chi connectivity index (χ3n) is 10.4. The van der Waals surface area contributed by atoms with Gasteiger partial charge in [-0.1, -0.05) is 58.2 Å². The molecule has 0 radical (unpaired) electrons. The van der Waals surface area contributed by atoms with Gasteiger partial charge < -0.3 is 19.7 Å². The highest BCUT2D eigenvalue weighted by atomic mass is 16.6. The molecule has 0 aromatic heterocycles. The first-order valence-corrected chi connectivity index (χ1v) is 18.2. The fraction of sp³-hybridized carbons (Fsp3) is 0.500. The highest BCUT2D eigenvalue weighted by Crippen LogP contribution is 2.61. The number of carbonyl (C=O) groups excluding carboxylic acids is 2. The Morgan fingerprint density at radius 1 is 0.760 bits per heavy atom. The third kappa shape index (κ3) is 7.86. The quantitative estimate of drug-likeness (QED) is 0.190. The first-order chi connectivity index (χ1) is 23.5. The number of fused-ring (bicyclic) bond motifs is 5. The number of carbonyl (C=O) groups is 2. The van der Waals surface area contributed by atoms with Crippen molar-refractivity contribution in [1.82, 2.24) is 0 Å². The third-order valence-corrected chi connectivity index (χ3v) is 10.4. The number of ketones is 2. The lowest BCUT2D eigenvalue weighted by molar-refractivity contribution is -0.188. The zero-order valence-electron chi connectivity index (χ0n) is 32.0. The molecule has 6 heteroatoms. The van der Waals surface area contributed by atoms with Gasteiger partial charge in [-0.25, -0.2) is 0 Å². The minimum Gasteiger partial charge on any atom is -0.504 e. The van der Waals surface area contributed by atoms with Gasteiger partial charge in [0.1, 0.15) is 16.8 Å². The maximum Gasteiger partial charge on any atom is 0.290 e. The predicted molar refractivity (Wildman–Crippen MR) is 204 cm³/mol. The molecule has 50 heavy (non-hydrogen) atoms. The van der Waals surface area contributed by atoms with Crippen LogP contribution in [0.4, 0.5) is 0 Å². The lowest BCUT2D eigenvalue weighted by Gasteiger charge is -2.40. The summed E-state index contributed by atoms with van der Waals surface area (Å²) in [6, 6.07) is 0. The maximum absolute atomic E-state index is 14.1. The van der Waals surface area contributed by atoms with Crippen LogP contribution >= 0.6 is 0 Å². The molecule has 1 aliphatic carbocycles. The number of phenolic OH excluding ortho intramolecular Hbond substituents is 1. The highest BCUT2D eigenvalue weighted by molar-refractivity contribution is 6.19. The van der Waals surface area contributed by atoms with Crippen LogP contribution < -0.4 is 9.47 Å². The molecule has 270 valence electrons. The Bertz CT molecular complexity index is 1740. The van der Waals surface area contributed by atoms with Gasteiger partial charge in [-0.3, -0.25) is 9.59 Å². The molecule has 0 spiro atoms. The number of ether oxygens (including phenoxy) is 2. The van der Waals surface area contributed by atoms with E-state index in [4.69, 9.17) is 9.47 Å². The van der Waals surface area contributed by atoms with Crippen molar-refractivity contribution >= 4 is 17.6 Å². The minimum atomic E-state index is -2.46. The summed E-state index contributed by atoms with van der Waals surface area (Å²) in [5.41, 5.74) is 5.12. The Morgan fingerprint density at radius 2 is 1.30 bits per heavy atom. The number of hydrogen-bond acceptors (Lipinski definition) is 6. The molecule has 3 aliphatic rings. The molecule has 1 aromatic rings. The number of benzene rings is 1. The smallest absolute Gasteiger partial charge is 0.290 e. The number of rotatable bonds is 14. The number of Topliss-reactive ketones (excluding diaryl/α,β-unsaturated/α-hetero) is 1. The molecule has 6 nitrogen and oxygen atoms in total. The summed E-state index contributed by atoms with van der Waals surface area (Å²) in [6.45, 7) is 19.9. The van der Waals surface area contributed by atoms with E-state index in [1.54, 1.807) is 6.92 Å². The molecular formula is C44H58O6. The largest absolute Gasteiger partial charge is 0.504 e. The molecule has 0 saturated heterocycles. The van der Waals surface area contributed by atoms with Crippen LogP contribution in [0.5, 0.6) is 17.2 Å². The predicted octanol–water partition coefficient (Wildman–Crippen LogP) is 10.6. The van der Waals surface area contributed by atoms with Gasteiger partial charge in [0.25, 0.3) is 5.79 Å². The fourth-order valence-electron chi connectivity index (χ4n) is 7.25. The molecule has 2 heterocycles. The fourth-order valence-corrected chi connectivity index (χ4v) is 7.25. The van der Waals surface area contributed by atoms with Gasteiger partial charge in [0.15, 0.2) is 17.3 Å². The summed E-state index contributed by atoms with van der Waals surface area (Å²) in [5, 5.41) is 23.9. The van der Waals surface area contributed by atoms with Gasteiger partial charge in [-0.05, 0) is 145 Å². The van der Waals surface area contributed by atoms with Gasteiger partial charge >= 0.3 is 0 Å². The minimum absolute atomic E-state index is 0.0423. The van der Waals surface area contributed by atoms with E-state index in [0.29, 0.717) is 23.1 Å². The average Bonchev–Trinajstić information content (AvgIpc) is 3.32. The van der Waals surface area contributed by atoms with Crippen LogP contribution in [0.3, 0.4) is 0 Å². The van der Waals surface area contributed by atoms with Crippen molar-refractivity contribution in [3.63, 3.8) is 0 Å². The van der Waals surface area contributed by atoms with Gasteiger partial charge in [0, 0.05) is 16.7 Å². The zero-order valence-corrected chi connectivity index (χ0v) is 32.0. The second-order valence-corrected chi connectivity index (χ2v) is 15.4. The van der Waals surface area contributed by atoms with Crippen LogP contribution in [0, 0.1) is 6.92 Å². The van der Waals surface area contributed by atoms with Crippen molar-refractivity contribution in [1.29, 1.82) is 0 Å². The maximum atomic E-state index is 14.1. The van der Waals surface area contributed by atoms with E-state index < -0.39 is 28.4 Å². The van der Waals surface area contributed by atoms with Crippen molar-refractivity contribution in [3.8, 4) is 17.2 Å². The topological polar surface area (TPSA) is 93.1 Å². The van der Waals surface area contributed by atoms with Crippen LogP contribution in [0.25, 0.3) is 6.08 Å².